The molecule has 0 aromatic heterocycles. The van der Waals surface area contributed by atoms with Gasteiger partial charge in [-0.05, 0) is 35.9 Å². The maximum absolute atomic E-state index is 9.01. The van der Waals surface area contributed by atoms with E-state index in [-0.39, 0.29) is 6.61 Å². The number of rotatable bonds is 6. The molecule has 2 rings (SSSR count). The van der Waals surface area contributed by atoms with Crippen LogP contribution in [-0.2, 0) is 13.2 Å². The van der Waals surface area contributed by atoms with Crippen LogP contribution in [0.1, 0.15) is 11.1 Å². The highest BCUT2D eigenvalue weighted by molar-refractivity contribution is 5.47. The van der Waals surface area contributed by atoms with E-state index in [4.69, 9.17) is 14.6 Å². The Kier molecular flexibility index (Phi) is 4.85. The molecule has 0 saturated heterocycles. The average molecular weight is 273 g/mol. The second kappa shape index (κ2) is 6.82. The van der Waals surface area contributed by atoms with Gasteiger partial charge in [-0.3, -0.25) is 0 Å². The predicted octanol–water partition coefficient (Wildman–Crippen LogP) is 2.81. The van der Waals surface area contributed by atoms with E-state index < -0.39 is 0 Å². The summed E-state index contributed by atoms with van der Waals surface area (Å²) in [5.74, 6) is 1.63. The minimum Gasteiger partial charge on any atom is -0.497 e. The summed E-state index contributed by atoms with van der Waals surface area (Å²) in [5.41, 5.74) is 2.92. The van der Waals surface area contributed by atoms with E-state index in [9.17, 15) is 0 Å². The second-order valence-corrected chi connectivity index (χ2v) is 4.39. The lowest BCUT2D eigenvalue weighted by Gasteiger charge is -2.12. The highest BCUT2D eigenvalue weighted by Crippen LogP contribution is 2.24. The lowest BCUT2D eigenvalue weighted by atomic mass is 10.1. The highest BCUT2D eigenvalue weighted by Gasteiger charge is 2.05. The van der Waals surface area contributed by atoms with E-state index in [0.717, 1.165) is 28.3 Å². The van der Waals surface area contributed by atoms with Crippen molar-refractivity contribution in [1.82, 2.24) is 0 Å². The van der Waals surface area contributed by atoms with E-state index in [2.05, 4.69) is 5.32 Å². The summed E-state index contributed by atoms with van der Waals surface area (Å²) >= 11 is 0. The fourth-order valence-electron chi connectivity index (χ4n) is 1.95. The summed E-state index contributed by atoms with van der Waals surface area (Å²) in [6, 6.07) is 13.4. The summed E-state index contributed by atoms with van der Waals surface area (Å²) in [6.45, 7) is 0.697. The fraction of sp³-hybridized carbons (Fsp3) is 0.250. The van der Waals surface area contributed by atoms with Crippen molar-refractivity contribution >= 4 is 5.69 Å². The van der Waals surface area contributed by atoms with Gasteiger partial charge in [-0.2, -0.15) is 0 Å². The third-order valence-electron chi connectivity index (χ3n) is 3.11. The molecule has 2 aromatic carbocycles. The van der Waals surface area contributed by atoms with Crippen molar-refractivity contribution in [1.29, 1.82) is 0 Å². The molecular formula is C16H19NO3. The largest absolute Gasteiger partial charge is 0.497 e. The Hall–Kier alpha value is -2.20. The molecule has 2 aromatic rings. The molecule has 20 heavy (non-hydrogen) atoms. The zero-order valence-electron chi connectivity index (χ0n) is 11.7. The number of methoxy groups -OCH3 is 2. The smallest absolute Gasteiger partial charge is 0.124 e. The zero-order valence-corrected chi connectivity index (χ0v) is 11.7. The van der Waals surface area contributed by atoms with Gasteiger partial charge in [0.15, 0.2) is 0 Å². The van der Waals surface area contributed by atoms with Crippen LogP contribution in [0.4, 0.5) is 5.69 Å². The van der Waals surface area contributed by atoms with Crippen LogP contribution in [-0.4, -0.2) is 19.3 Å². The van der Waals surface area contributed by atoms with Crippen LogP contribution < -0.4 is 14.8 Å². The van der Waals surface area contributed by atoms with Crippen molar-refractivity contribution in [2.45, 2.75) is 13.2 Å². The molecule has 0 radical (unpaired) electrons. The Morgan fingerprint density at radius 3 is 2.35 bits per heavy atom. The molecule has 0 heterocycles. The number of ether oxygens (including phenoxy) is 2. The molecule has 2 N–H and O–H groups in total. The van der Waals surface area contributed by atoms with Crippen LogP contribution in [0, 0.1) is 0 Å². The van der Waals surface area contributed by atoms with E-state index in [1.165, 1.54) is 0 Å². The normalized spacial score (nSPS) is 10.2. The molecule has 0 fully saturated rings. The van der Waals surface area contributed by atoms with Gasteiger partial charge in [-0.1, -0.05) is 12.1 Å². The Morgan fingerprint density at radius 1 is 1.00 bits per heavy atom. The maximum atomic E-state index is 9.01. The van der Waals surface area contributed by atoms with E-state index in [1.807, 2.05) is 42.5 Å². The van der Waals surface area contributed by atoms with Crippen molar-refractivity contribution in [2.24, 2.45) is 0 Å². The maximum Gasteiger partial charge on any atom is 0.124 e. The van der Waals surface area contributed by atoms with Gasteiger partial charge in [0.1, 0.15) is 11.5 Å². The fourth-order valence-corrected chi connectivity index (χ4v) is 1.95. The Balaban J connectivity index is 2.08. The first kappa shape index (κ1) is 14.2. The molecule has 4 heteroatoms. The minimum atomic E-state index is 0.0595. The summed E-state index contributed by atoms with van der Waals surface area (Å²) in [6.07, 6.45) is 0. The topological polar surface area (TPSA) is 50.7 Å². The SMILES string of the molecule is COc1ccc(OC)c(CNc2ccc(CO)cc2)c1. The van der Waals surface area contributed by atoms with Crippen LogP contribution in [0.5, 0.6) is 11.5 Å². The number of benzene rings is 2. The van der Waals surface area contributed by atoms with Gasteiger partial charge in [-0.25, -0.2) is 0 Å². The number of anilines is 1. The molecule has 0 aliphatic heterocycles. The molecular weight excluding hydrogens is 254 g/mol. The van der Waals surface area contributed by atoms with Crippen molar-refractivity contribution in [3.05, 3.63) is 53.6 Å². The summed E-state index contributed by atoms with van der Waals surface area (Å²) < 4.78 is 10.6. The van der Waals surface area contributed by atoms with Gasteiger partial charge in [0.2, 0.25) is 0 Å². The van der Waals surface area contributed by atoms with Gasteiger partial charge >= 0.3 is 0 Å². The van der Waals surface area contributed by atoms with Crippen LogP contribution in [0.15, 0.2) is 42.5 Å². The Bertz CT molecular complexity index is 552. The van der Waals surface area contributed by atoms with E-state index >= 15 is 0 Å². The van der Waals surface area contributed by atoms with Gasteiger partial charge in [0, 0.05) is 17.8 Å². The first-order chi connectivity index (χ1) is 9.76. The van der Waals surface area contributed by atoms with Crippen molar-refractivity contribution in [2.75, 3.05) is 19.5 Å². The van der Waals surface area contributed by atoms with Gasteiger partial charge in [0.25, 0.3) is 0 Å². The lowest BCUT2D eigenvalue weighted by Crippen LogP contribution is -2.02. The Labute approximate surface area is 119 Å². The highest BCUT2D eigenvalue weighted by atomic mass is 16.5. The molecule has 0 saturated carbocycles. The quantitative estimate of drug-likeness (QED) is 0.849. The summed E-state index contributed by atoms with van der Waals surface area (Å²) in [4.78, 5) is 0. The molecule has 0 unspecified atom stereocenters. The zero-order chi connectivity index (χ0) is 14.4. The Morgan fingerprint density at radius 2 is 1.75 bits per heavy atom. The first-order valence-corrected chi connectivity index (χ1v) is 6.41. The predicted molar refractivity (Wildman–Crippen MR) is 79.2 cm³/mol. The van der Waals surface area contributed by atoms with E-state index in [1.54, 1.807) is 14.2 Å². The van der Waals surface area contributed by atoms with Crippen LogP contribution in [0.3, 0.4) is 0 Å². The molecule has 0 amide bonds. The first-order valence-electron chi connectivity index (χ1n) is 6.41. The number of aliphatic hydroxyl groups is 1. The van der Waals surface area contributed by atoms with Crippen molar-refractivity contribution in [3.8, 4) is 11.5 Å². The minimum absolute atomic E-state index is 0.0595. The van der Waals surface area contributed by atoms with Crippen LogP contribution >= 0.6 is 0 Å². The number of hydrogen-bond acceptors (Lipinski definition) is 4. The number of hydrogen-bond donors (Lipinski definition) is 2. The second-order valence-electron chi connectivity index (χ2n) is 4.39. The van der Waals surface area contributed by atoms with Gasteiger partial charge in [-0.15, -0.1) is 0 Å². The van der Waals surface area contributed by atoms with E-state index in [0.29, 0.717) is 6.54 Å². The molecule has 0 spiro atoms. The lowest BCUT2D eigenvalue weighted by molar-refractivity contribution is 0.282. The van der Waals surface area contributed by atoms with Crippen molar-refractivity contribution < 1.29 is 14.6 Å². The van der Waals surface area contributed by atoms with Gasteiger partial charge in [0.05, 0.1) is 20.8 Å². The molecule has 0 aliphatic carbocycles. The van der Waals surface area contributed by atoms with Gasteiger partial charge < -0.3 is 19.9 Å². The van der Waals surface area contributed by atoms with Crippen molar-refractivity contribution in [3.63, 3.8) is 0 Å². The number of aliphatic hydroxyl groups excluding tert-OH is 1. The summed E-state index contributed by atoms with van der Waals surface area (Å²) in [5, 5.41) is 12.3. The standard InChI is InChI=1S/C16H19NO3/c1-19-15-7-8-16(20-2)13(9-15)10-17-14-5-3-12(11-18)4-6-14/h3-9,17-18H,10-11H2,1-2H3. The summed E-state index contributed by atoms with van der Waals surface area (Å²) in [7, 11) is 3.30. The molecule has 106 valence electrons. The monoisotopic (exact) mass is 273 g/mol. The molecule has 4 nitrogen and oxygen atoms in total. The molecule has 0 bridgehead atoms. The molecule has 0 atom stereocenters. The van der Waals surface area contributed by atoms with Crippen LogP contribution in [0.2, 0.25) is 0 Å². The number of nitrogens with one attached hydrogen (secondary N) is 1. The molecule has 0 aliphatic rings. The average Bonchev–Trinajstić information content (AvgIpc) is 2.53. The third kappa shape index (κ3) is 3.42. The van der Waals surface area contributed by atoms with Crippen LogP contribution in [0.25, 0.3) is 0 Å². The third-order valence-corrected chi connectivity index (χ3v) is 3.11.